The first-order valence-corrected chi connectivity index (χ1v) is 29.7. The number of rotatable bonds is 51. The largest absolute Gasteiger partial charge is 0.472 e. The molecule has 0 aromatic carbocycles. The van der Waals surface area contributed by atoms with E-state index in [-0.39, 0.29) is 19.1 Å². The van der Waals surface area contributed by atoms with Gasteiger partial charge in [0.15, 0.2) is 0 Å². The number of quaternary nitrogens is 1. The SMILES string of the molecule is CCCCCCC/C=C\C/C=C\C/C=C\CCCCCCCCCCCCC(=O)NC(COP(=O)(O)OCC[N+](C)(C)C)C(O)/C=C/CC/C=C/CCCCCCCCCCCCCCCC. The summed E-state index contributed by atoms with van der Waals surface area (Å²) in [6, 6.07) is -0.868. The van der Waals surface area contributed by atoms with E-state index in [1.807, 2.05) is 27.2 Å². The summed E-state index contributed by atoms with van der Waals surface area (Å²) in [6.45, 7) is 4.80. The van der Waals surface area contributed by atoms with Crippen LogP contribution in [0.2, 0.25) is 0 Å². The summed E-state index contributed by atoms with van der Waals surface area (Å²) in [4.78, 5) is 23.3. The van der Waals surface area contributed by atoms with Gasteiger partial charge in [-0.2, -0.15) is 0 Å². The molecule has 0 saturated heterocycles. The van der Waals surface area contributed by atoms with Crippen LogP contribution in [0.5, 0.6) is 0 Å². The molecule has 9 heteroatoms. The Labute approximate surface area is 415 Å². The van der Waals surface area contributed by atoms with Crippen LogP contribution in [0, 0.1) is 0 Å². The van der Waals surface area contributed by atoms with Crippen LogP contribution in [0.1, 0.15) is 251 Å². The van der Waals surface area contributed by atoms with E-state index in [0.29, 0.717) is 17.4 Å². The predicted octanol–water partition coefficient (Wildman–Crippen LogP) is 16.9. The Morgan fingerprint density at radius 3 is 1.30 bits per heavy atom. The quantitative estimate of drug-likeness (QED) is 0.0243. The van der Waals surface area contributed by atoms with Crippen molar-refractivity contribution in [3.8, 4) is 0 Å². The lowest BCUT2D eigenvalue weighted by Gasteiger charge is -2.25. The van der Waals surface area contributed by atoms with Crippen LogP contribution in [0.25, 0.3) is 0 Å². The smallest absolute Gasteiger partial charge is 0.387 e. The van der Waals surface area contributed by atoms with E-state index in [4.69, 9.17) is 9.05 Å². The maximum atomic E-state index is 13.0. The molecular weight excluding hydrogens is 852 g/mol. The van der Waals surface area contributed by atoms with Gasteiger partial charge in [0.25, 0.3) is 0 Å². The van der Waals surface area contributed by atoms with Gasteiger partial charge in [0.1, 0.15) is 13.2 Å². The number of carbonyl (C=O) groups is 1. The van der Waals surface area contributed by atoms with Gasteiger partial charge in [0.2, 0.25) is 5.91 Å². The van der Waals surface area contributed by atoms with Crippen LogP contribution in [0.15, 0.2) is 60.8 Å². The highest BCUT2D eigenvalue weighted by Crippen LogP contribution is 2.43. The predicted molar refractivity (Wildman–Crippen MR) is 290 cm³/mol. The first kappa shape index (κ1) is 65.2. The number of likely N-dealkylation sites (N-methyl/N-ethyl adjacent to an activating group) is 1. The number of phosphoric ester groups is 1. The number of carbonyl (C=O) groups excluding carboxylic acids is 1. The zero-order valence-electron chi connectivity index (χ0n) is 44.6. The number of amides is 1. The molecule has 0 aromatic rings. The molecule has 8 nitrogen and oxygen atoms in total. The van der Waals surface area contributed by atoms with E-state index in [1.54, 1.807) is 6.08 Å². The van der Waals surface area contributed by atoms with E-state index in [9.17, 15) is 19.4 Å². The highest BCUT2D eigenvalue weighted by atomic mass is 31.2. The van der Waals surface area contributed by atoms with E-state index in [0.717, 1.165) is 51.4 Å². The highest BCUT2D eigenvalue weighted by molar-refractivity contribution is 7.47. The van der Waals surface area contributed by atoms with Crippen molar-refractivity contribution in [2.24, 2.45) is 0 Å². The summed E-state index contributed by atoms with van der Waals surface area (Å²) in [6.07, 6.45) is 66.0. The van der Waals surface area contributed by atoms with Crippen molar-refractivity contribution in [3.63, 3.8) is 0 Å². The molecule has 1 amide bonds. The molecule has 0 bridgehead atoms. The molecule has 3 unspecified atom stereocenters. The topological polar surface area (TPSA) is 105 Å². The van der Waals surface area contributed by atoms with Crippen molar-refractivity contribution in [3.05, 3.63) is 60.8 Å². The minimum absolute atomic E-state index is 0.0536. The van der Waals surface area contributed by atoms with Crippen molar-refractivity contribution in [2.75, 3.05) is 40.9 Å². The second-order valence-electron chi connectivity index (χ2n) is 20.3. The van der Waals surface area contributed by atoms with Crippen molar-refractivity contribution >= 4 is 13.7 Å². The highest BCUT2D eigenvalue weighted by Gasteiger charge is 2.27. The molecule has 0 radical (unpaired) electrons. The van der Waals surface area contributed by atoms with Gasteiger partial charge in [-0.25, -0.2) is 4.57 Å². The number of hydrogen-bond donors (Lipinski definition) is 3. The first-order valence-electron chi connectivity index (χ1n) is 28.2. The van der Waals surface area contributed by atoms with E-state index in [2.05, 4.69) is 67.8 Å². The number of nitrogens with zero attached hydrogens (tertiary/aromatic N) is 1. The van der Waals surface area contributed by atoms with E-state index in [1.165, 1.54) is 180 Å². The molecule has 0 aliphatic rings. The second kappa shape index (κ2) is 49.2. The van der Waals surface area contributed by atoms with Crippen molar-refractivity contribution in [2.45, 2.75) is 264 Å². The average molecular weight is 962 g/mol. The number of aliphatic hydroxyl groups excluding tert-OH is 1. The molecule has 0 aliphatic heterocycles. The Kier molecular flexibility index (Phi) is 47.9. The maximum Gasteiger partial charge on any atom is 0.472 e. The Balaban J connectivity index is 4.29. The number of allylic oxidation sites excluding steroid dienone is 9. The summed E-state index contributed by atoms with van der Waals surface area (Å²) in [5, 5.41) is 13.9. The number of hydrogen-bond acceptors (Lipinski definition) is 5. The van der Waals surface area contributed by atoms with Crippen molar-refractivity contribution < 1.29 is 32.9 Å². The summed E-state index contributed by atoms with van der Waals surface area (Å²) in [5.41, 5.74) is 0. The monoisotopic (exact) mass is 962 g/mol. The molecule has 67 heavy (non-hydrogen) atoms. The summed E-state index contributed by atoms with van der Waals surface area (Å²) in [7, 11) is 1.55. The number of nitrogens with one attached hydrogen (secondary N) is 1. The summed E-state index contributed by atoms with van der Waals surface area (Å²) < 4.78 is 23.7. The number of unbranched alkanes of at least 4 members (excludes halogenated alkanes) is 30. The minimum Gasteiger partial charge on any atom is -0.387 e. The second-order valence-corrected chi connectivity index (χ2v) is 21.8. The van der Waals surface area contributed by atoms with Gasteiger partial charge >= 0.3 is 7.82 Å². The van der Waals surface area contributed by atoms with Gasteiger partial charge in [-0.15, -0.1) is 0 Å². The Hall–Kier alpha value is -1.80. The summed E-state index contributed by atoms with van der Waals surface area (Å²) >= 11 is 0. The molecule has 0 rings (SSSR count). The standard InChI is InChI=1S/C58H109N2O6P/c1-6-8-10-12-14-16-18-20-22-24-26-28-29-30-31-32-34-36-38-40-42-44-46-48-50-52-58(62)59-56(55-66-67(63,64)65-54-53-60(3,4)5)57(61)51-49-47-45-43-41-39-37-35-33-27-25-23-21-19-17-15-13-11-9-7-2/h18,20,24,26,29-30,41,43,49,51,56-57,61H,6-17,19,21-23,25,27-28,31-40,42,44-48,50,52-55H2,1-5H3,(H-,59,62,63,64)/p+1/b20-18-,26-24-,30-29-,43-41+,51-49+. The third kappa shape index (κ3) is 51.9. The Morgan fingerprint density at radius 2 is 0.866 bits per heavy atom. The van der Waals surface area contributed by atoms with Gasteiger partial charge in [-0.05, 0) is 70.6 Å². The number of aliphatic hydroxyl groups is 1. The van der Waals surface area contributed by atoms with Gasteiger partial charge in [-0.1, -0.05) is 235 Å². The van der Waals surface area contributed by atoms with E-state index < -0.39 is 20.0 Å². The Morgan fingerprint density at radius 1 is 0.507 bits per heavy atom. The van der Waals surface area contributed by atoms with Crippen LogP contribution >= 0.6 is 7.82 Å². The number of phosphoric acid groups is 1. The van der Waals surface area contributed by atoms with Crippen molar-refractivity contribution in [1.29, 1.82) is 0 Å². The lowest BCUT2D eigenvalue weighted by molar-refractivity contribution is -0.870. The molecule has 392 valence electrons. The molecule has 0 spiro atoms. The van der Waals surface area contributed by atoms with Gasteiger partial charge < -0.3 is 19.8 Å². The fourth-order valence-electron chi connectivity index (χ4n) is 8.01. The normalized spacial score (nSPS) is 14.4. The van der Waals surface area contributed by atoms with Crippen LogP contribution in [-0.2, 0) is 18.4 Å². The van der Waals surface area contributed by atoms with Gasteiger partial charge in [-0.3, -0.25) is 13.8 Å². The molecule has 3 atom stereocenters. The molecule has 0 heterocycles. The maximum absolute atomic E-state index is 13.0. The van der Waals surface area contributed by atoms with E-state index >= 15 is 0 Å². The van der Waals surface area contributed by atoms with Crippen molar-refractivity contribution in [1.82, 2.24) is 5.32 Å². The van der Waals surface area contributed by atoms with Gasteiger partial charge in [0, 0.05) is 6.42 Å². The zero-order chi connectivity index (χ0) is 49.2. The molecule has 0 aliphatic carbocycles. The minimum atomic E-state index is -4.36. The molecule has 3 N–H and O–H groups in total. The van der Waals surface area contributed by atoms with Crippen LogP contribution in [0.4, 0.5) is 0 Å². The summed E-state index contributed by atoms with van der Waals surface area (Å²) in [5.74, 6) is -0.191. The molecular formula is C58H110N2O6P+. The fraction of sp³-hybridized carbons (Fsp3) is 0.810. The lowest BCUT2D eigenvalue weighted by atomic mass is 10.0. The van der Waals surface area contributed by atoms with Gasteiger partial charge in [0.05, 0.1) is 39.9 Å². The third-order valence-electron chi connectivity index (χ3n) is 12.5. The zero-order valence-corrected chi connectivity index (χ0v) is 45.5. The van der Waals surface area contributed by atoms with Crippen LogP contribution in [-0.4, -0.2) is 73.4 Å². The average Bonchev–Trinajstić information content (AvgIpc) is 3.29. The third-order valence-corrected chi connectivity index (χ3v) is 13.4. The first-order chi connectivity index (χ1) is 32.5. The molecule has 0 aromatic heterocycles. The Bertz CT molecular complexity index is 1270. The van der Waals surface area contributed by atoms with Crippen LogP contribution in [0.3, 0.4) is 0 Å². The molecule has 0 saturated carbocycles. The van der Waals surface area contributed by atoms with Crippen LogP contribution < -0.4 is 5.32 Å². The fourth-order valence-corrected chi connectivity index (χ4v) is 8.74. The lowest BCUT2D eigenvalue weighted by Crippen LogP contribution is -2.45. The molecule has 0 fully saturated rings.